The van der Waals surface area contributed by atoms with Crippen LogP contribution >= 0.6 is 11.6 Å². The lowest BCUT2D eigenvalue weighted by Gasteiger charge is -2.38. The molecule has 8 heteroatoms. The van der Waals surface area contributed by atoms with Crippen molar-refractivity contribution in [2.75, 3.05) is 13.1 Å². The number of rotatable bonds is 6. The van der Waals surface area contributed by atoms with Crippen molar-refractivity contribution < 1.29 is 14.3 Å². The molecule has 2 atom stereocenters. The number of likely N-dealkylation sites (tertiary alicyclic amines) is 1. The Balaban J connectivity index is 1.65. The zero-order chi connectivity index (χ0) is 19.4. The van der Waals surface area contributed by atoms with E-state index in [-0.39, 0.29) is 30.9 Å². The van der Waals surface area contributed by atoms with E-state index in [2.05, 4.69) is 5.10 Å². The highest BCUT2D eigenvalue weighted by Gasteiger charge is 2.34. The topological polar surface area (TPSA) is 90.4 Å². The van der Waals surface area contributed by atoms with Crippen LogP contribution in [0.3, 0.4) is 0 Å². The standard InChI is InChI=1S/C19H23ClN4O3/c1-13-9-22-24(10-13)12-19(26)23-7-6-17(14(11-23)8-18(21)25)27-16-4-2-15(20)3-5-16/h2-5,9-10,14,17H,6-8,11-12H2,1H3,(H2,21,25)/t14-,17-/m0/s1. The highest BCUT2D eigenvalue weighted by Crippen LogP contribution is 2.26. The molecule has 1 aromatic heterocycles. The smallest absolute Gasteiger partial charge is 0.244 e. The van der Waals surface area contributed by atoms with E-state index in [0.717, 1.165) is 5.56 Å². The van der Waals surface area contributed by atoms with Crippen LogP contribution in [0.25, 0.3) is 0 Å². The van der Waals surface area contributed by atoms with Crippen molar-refractivity contribution in [1.29, 1.82) is 0 Å². The molecule has 0 unspecified atom stereocenters. The molecule has 7 nitrogen and oxygen atoms in total. The number of piperidine rings is 1. The Morgan fingerprint density at radius 1 is 1.33 bits per heavy atom. The molecule has 1 fully saturated rings. The minimum atomic E-state index is -0.401. The monoisotopic (exact) mass is 390 g/mol. The van der Waals surface area contributed by atoms with Gasteiger partial charge < -0.3 is 15.4 Å². The lowest BCUT2D eigenvalue weighted by Crippen LogP contribution is -2.49. The molecule has 2 amide bonds. The van der Waals surface area contributed by atoms with E-state index >= 15 is 0 Å². The number of carbonyl (C=O) groups excluding carboxylic acids is 2. The molecule has 2 aromatic rings. The zero-order valence-corrected chi connectivity index (χ0v) is 15.9. The molecule has 1 saturated heterocycles. The van der Waals surface area contributed by atoms with Crippen molar-refractivity contribution in [2.45, 2.75) is 32.4 Å². The predicted octanol–water partition coefficient (Wildman–Crippen LogP) is 2.02. The minimum Gasteiger partial charge on any atom is -0.490 e. The fraction of sp³-hybridized carbons (Fsp3) is 0.421. The molecule has 2 N–H and O–H groups in total. The molecule has 1 aromatic carbocycles. The summed E-state index contributed by atoms with van der Waals surface area (Å²) in [6.45, 7) is 3.10. The first-order valence-electron chi connectivity index (χ1n) is 8.88. The van der Waals surface area contributed by atoms with Crippen molar-refractivity contribution in [2.24, 2.45) is 11.7 Å². The summed E-state index contributed by atoms with van der Waals surface area (Å²) in [5, 5.41) is 4.79. The SMILES string of the molecule is Cc1cnn(CC(=O)N2CC[C@H](Oc3ccc(Cl)cc3)[C@@H](CC(N)=O)C2)c1. The van der Waals surface area contributed by atoms with Crippen LogP contribution in [0.5, 0.6) is 5.75 Å². The van der Waals surface area contributed by atoms with Gasteiger partial charge in [-0.05, 0) is 36.8 Å². The Kier molecular flexibility index (Phi) is 6.01. The second kappa shape index (κ2) is 8.43. The van der Waals surface area contributed by atoms with Gasteiger partial charge in [-0.3, -0.25) is 14.3 Å². The third-order valence-electron chi connectivity index (χ3n) is 4.64. The maximum absolute atomic E-state index is 12.6. The summed E-state index contributed by atoms with van der Waals surface area (Å²) in [4.78, 5) is 25.9. The molecular weight excluding hydrogens is 368 g/mol. The number of carbonyl (C=O) groups is 2. The van der Waals surface area contributed by atoms with Crippen molar-refractivity contribution >= 4 is 23.4 Å². The molecule has 3 rings (SSSR count). The van der Waals surface area contributed by atoms with Gasteiger partial charge in [0.05, 0.1) is 6.20 Å². The number of nitrogens with zero attached hydrogens (tertiary/aromatic N) is 3. The maximum Gasteiger partial charge on any atom is 0.244 e. The van der Waals surface area contributed by atoms with E-state index in [1.165, 1.54) is 0 Å². The van der Waals surface area contributed by atoms with Gasteiger partial charge in [0, 0.05) is 43.1 Å². The molecule has 27 heavy (non-hydrogen) atoms. The van der Waals surface area contributed by atoms with Gasteiger partial charge in [0.25, 0.3) is 0 Å². The number of primary amides is 1. The van der Waals surface area contributed by atoms with Gasteiger partial charge in [0.2, 0.25) is 11.8 Å². The minimum absolute atomic E-state index is 0.0301. The normalized spacial score (nSPS) is 19.7. The van der Waals surface area contributed by atoms with Gasteiger partial charge >= 0.3 is 0 Å². The predicted molar refractivity (Wildman–Crippen MR) is 101 cm³/mol. The number of nitrogens with two attached hydrogens (primary N) is 1. The first-order valence-corrected chi connectivity index (χ1v) is 9.26. The van der Waals surface area contributed by atoms with Crippen LogP contribution in [0.2, 0.25) is 5.02 Å². The quantitative estimate of drug-likeness (QED) is 0.816. The zero-order valence-electron chi connectivity index (χ0n) is 15.2. The lowest BCUT2D eigenvalue weighted by molar-refractivity contribution is -0.136. The van der Waals surface area contributed by atoms with E-state index in [1.807, 2.05) is 13.1 Å². The summed E-state index contributed by atoms with van der Waals surface area (Å²) in [7, 11) is 0. The van der Waals surface area contributed by atoms with Gasteiger partial charge in [-0.25, -0.2) is 0 Å². The summed E-state index contributed by atoms with van der Waals surface area (Å²) in [6, 6.07) is 7.10. The van der Waals surface area contributed by atoms with E-state index in [4.69, 9.17) is 22.1 Å². The Morgan fingerprint density at radius 3 is 2.70 bits per heavy atom. The van der Waals surface area contributed by atoms with E-state index < -0.39 is 5.91 Å². The summed E-state index contributed by atoms with van der Waals surface area (Å²) >= 11 is 5.91. The number of ether oxygens (including phenoxy) is 1. The van der Waals surface area contributed by atoms with Crippen LogP contribution in [0.4, 0.5) is 0 Å². The Labute approximate surface area is 163 Å². The summed E-state index contributed by atoms with van der Waals surface area (Å²) in [5.74, 6) is 0.0973. The van der Waals surface area contributed by atoms with E-state index in [1.54, 1.807) is 40.0 Å². The van der Waals surface area contributed by atoms with Crippen LogP contribution in [-0.2, 0) is 16.1 Å². The molecule has 0 radical (unpaired) electrons. The molecule has 0 spiro atoms. The van der Waals surface area contributed by atoms with Crippen LogP contribution in [0.15, 0.2) is 36.7 Å². The van der Waals surface area contributed by atoms with Gasteiger partial charge in [-0.1, -0.05) is 11.6 Å². The number of aryl methyl sites for hydroxylation is 1. The van der Waals surface area contributed by atoms with E-state index in [9.17, 15) is 9.59 Å². The fourth-order valence-corrected chi connectivity index (χ4v) is 3.45. The molecular formula is C19H23ClN4O3. The van der Waals surface area contributed by atoms with Crippen LogP contribution in [-0.4, -0.2) is 45.7 Å². The van der Waals surface area contributed by atoms with Gasteiger partial charge in [0.15, 0.2) is 0 Å². The van der Waals surface area contributed by atoms with Crippen LogP contribution < -0.4 is 10.5 Å². The Hall–Kier alpha value is -2.54. The number of amides is 2. The highest BCUT2D eigenvalue weighted by atomic mass is 35.5. The van der Waals surface area contributed by atoms with Gasteiger partial charge in [0.1, 0.15) is 18.4 Å². The maximum atomic E-state index is 12.6. The summed E-state index contributed by atoms with van der Waals surface area (Å²) in [5.41, 5.74) is 6.42. The molecule has 0 saturated carbocycles. The molecule has 1 aliphatic heterocycles. The Morgan fingerprint density at radius 2 is 2.07 bits per heavy atom. The molecule has 0 bridgehead atoms. The van der Waals surface area contributed by atoms with Crippen molar-refractivity contribution in [3.8, 4) is 5.75 Å². The van der Waals surface area contributed by atoms with Crippen LogP contribution in [0, 0.1) is 12.8 Å². The number of aromatic nitrogens is 2. The second-order valence-electron chi connectivity index (χ2n) is 6.88. The average Bonchev–Trinajstić information content (AvgIpc) is 3.02. The van der Waals surface area contributed by atoms with Crippen molar-refractivity contribution in [1.82, 2.24) is 14.7 Å². The first kappa shape index (κ1) is 19.2. The summed E-state index contributed by atoms with van der Waals surface area (Å²) in [6.07, 6.45) is 4.16. The number of hydrogen-bond donors (Lipinski definition) is 1. The Bertz CT molecular complexity index is 806. The summed E-state index contributed by atoms with van der Waals surface area (Å²) < 4.78 is 7.67. The van der Waals surface area contributed by atoms with Crippen molar-refractivity contribution in [3.05, 3.63) is 47.2 Å². The first-order chi connectivity index (χ1) is 12.9. The molecule has 1 aliphatic rings. The van der Waals surface area contributed by atoms with Crippen molar-refractivity contribution in [3.63, 3.8) is 0 Å². The fourth-order valence-electron chi connectivity index (χ4n) is 3.33. The average molecular weight is 391 g/mol. The van der Waals surface area contributed by atoms with Crippen LogP contribution in [0.1, 0.15) is 18.4 Å². The second-order valence-corrected chi connectivity index (χ2v) is 7.32. The van der Waals surface area contributed by atoms with Gasteiger partial charge in [-0.15, -0.1) is 0 Å². The van der Waals surface area contributed by atoms with Gasteiger partial charge in [-0.2, -0.15) is 5.10 Å². The third-order valence-corrected chi connectivity index (χ3v) is 4.89. The molecule has 0 aliphatic carbocycles. The number of hydrogen-bond acceptors (Lipinski definition) is 4. The highest BCUT2D eigenvalue weighted by molar-refractivity contribution is 6.30. The molecule has 144 valence electrons. The number of benzene rings is 1. The number of halogens is 1. The third kappa shape index (κ3) is 5.23. The largest absolute Gasteiger partial charge is 0.490 e. The van der Waals surface area contributed by atoms with E-state index in [0.29, 0.717) is 30.3 Å². The lowest BCUT2D eigenvalue weighted by atomic mass is 9.91. The molecule has 2 heterocycles.